The molecule has 0 aliphatic carbocycles. The highest BCUT2D eigenvalue weighted by atomic mass is 19.4. The lowest BCUT2D eigenvalue weighted by atomic mass is 10.2. The summed E-state index contributed by atoms with van der Waals surface area (Å²) >= 11 is 0. The highest BCUT2D eigenvalue weighted by Gasteiger charge is 2.55. The van der Waals surface area contributed by atoms with Gasteiger partial charge in [-0.2, -0.15) is 13.2 Å². The summed E-state index contributed by atoms with van der Waals surface area (Å²) in [7, 11) is 0. The van der Waals surface area contributed by atoms with Gasteiger partial charge in [0.25, 0.3) is 0 Å². The molecule has 1 fully saturated rings. The number of hydrogen-bond donors (Lipinski definition) is 1. The van der Waals surface area contributed by atoms with Crippen molar-refractivity contribution in [3.63, 3.8) is 0 Å². The summed E-state index contributed by atoms with van der Waals surface area (Å²) in [5.41, 5.74) is -2.15. The minimum atomic E-state index is -4.34. The predicted molar refractivity (Wildman–Crippen MR) is 33.0 cm³/mol. The van der Waals surface area contributed by atoms with Crippen LogP contribution in [0.1, 0.15) is 13.8 Å². The minimum Gasteiger partial charge on any atom is -0.350 e. The van der Waals surface area contributed by atoms with Crippen LogP contribution in [0.15, 0.2) is 0 Å². The van der Waals surface area contributed by atoms with Gasteiger partial charge in [-0.1, -0.05) is 0 Å². The molecule has 0 radical (unpaired) electrons. The highest BCUT2D eigenvalue weighted by molar-refractivity contribution is 4.88. The van der Waals surface area contributed by atoms with Gasteiger partial charge in [0.15, 0.2) is 0 Å². The molecule has 1 aliphatic rings. The third-order valence-electron chi connectivity index (χ3n) is 1.68. The quantitative estimate of drug-likeness (QED) is 0.589. The van der Waals surface area contributed by atoms with Crippen molar-refractivity contribution in [2.75, 3.05) is 6.61 Å². The second-order valence-electron chi connectivity index (χ2n) is 2.89. The number of rotatable bonds is 0. The maximum absolute atomic E-state index is 12.1. The van der Waals surface area contributed by atoms with Crippen LogP contribution >= 0.6 is 0 Å². The zero-order chi connectivity index (χ0) is 8.70. The molecule has 11 heavy (non-hydrogen) atoms. The molecule has 1 aliphatic heterocycles. The summed E-state index contributed by atoms with van der Waals surface area (Å²) in [6.45, 7) is 2.75. The van der Waals surface area contributed by atoms with E-state index in [0.717, 1.165) is 6.92 Å². The van der Waals surface area contributed by atoms with Crippen molar-refractivity contribution >= 4 is 0 Å². The fraction of sp³-hybridized carbons (Fsp3) is 1.00. The lowest BCUT2D eigenvalue weighted by Gasteiger charge is -2.26. The molecule has 2 nitrogen and oxygen atoms in total. The van der Waals surface area contributed by atoms with E-state index in [9.17, 15) is 13.2 Å². The van der Waals surface area contributed by atoms with Crippen molar-refractivity contribution in [2.45, 2.75) is 31.8 Å². The molecule has 0 spiro atoms. The summed E-state index contributed by atoms with van der Waals surface area (Å²) < 4.78 is 41.0. The molecule has 0 aromatic carbocycles. The molecule has 2 atom stereocenters. The molecule has 1 saturated heterocycles. The van der Waals surface area contributed by atoms with E-state index in [0.29, 0.717) is 0 Å². The zero-order valence-electron chi connectivity index (χ0n) is 6.33. The first-order valence-electron chi connectivity index (χ1n) is 3.33. The van der Waals surface area contributed by atoms with E-state index in [1.54, 1.807) is 6.92 Å². The Morgan fingerprint density at radius 3 is 2.27 bits per heavy atom. The third kappa shape index (κ3) is 1.49. The van der Waals surface area contributed by atoms with Crippen molar-refractivity contribution in [2.24, 2.45) is 0 Å². The van der Waals surface area contributed by atoms with Crippen molar-refractivity contribution in [1.29, 1.82) is 0 Å². The van der Waals surface area contributed by atoms with E-state index in [4.69, 9.17) is 0 Å². The SMILES string of the molecule is C[C@@H]1COC(C)(C(F)(F)F)N1. The zero-order valence-corrected chi connectivity index (χ0v) is 6.33. The first kappa shape index (κ1) is 8.80. The Labute approximate surface area is 62.7 Å². The Bertz CT molecular complexity index is 158. The summed E-state index contributed by atoms with van der Waals surface area (Å²) in [4.78, 5) is 0. The second kappa shape index (κ2) is 2.35. The summed E-state index contributed by atoms with van der Waals surface area (Å²) in [5.74, 6) is 0. The predicted octanol–water partition coefficient (Wildman–Crippen LogP) is 1.27. The molecule has 1 rings (SSSR count). The van der Waals surface area contributed by atoms with E-state index in [1.807, 2.05) is 0 Å². The standard InChI is InChI=1S/C6H10F3NO/c1-4-3-11-5(2,10-4)6(7,8)9/h4,10H,3H2,1-2H3/t4-,5?/m1/s1. The summed E-state index contributed by atoms with van der Waals surface area (Å²) in [6.07, 6.45) is -4.34. The van der Waals surface area contributed by atoms with Gasteiger partial charge in [-0.05, 0) is 13.8 Å². The molecule has 66 valence electrons. The first-order chi connectivity index (χ1) is 4.85. The average molecular weight is 169 g/mol. The van der Waals surface area contributed by atoms with Crippen LogP contribution in [0, 0.1) is 0 Å². The van der Waals surface area contributed by atoms with Crippen molar-refractivity contribution in [3.8, 4) is 0 Å². The molecule has 5 heteroatoms. The molecular formula is C6H10F3NO. The number of nitrogens with one attached hydrogen (secondary N) is 1. The van der Waals surface area contributed by atoms with Crippen molar-refractivity contribution < 1.29 is 17.9 Å². The average Bonchev–Trinajstić information content (AvgIpc) is 2.10. The van der Waals surface area contributed by atoms with Crippen LogP contribution in [0.5, 0.6) is 0 Å². The molecule has 0 saturated carbocycles. The molecule has 0 aromatic heterocycles. The van der Waals surface area contributed by atoms with E-state index in [1.165, 1.54) is 0 Å². The van der Waals surface area contributed by atoms with E-state index < -0.39 is 11.9 Å². The molecule has 0 bridgehead atoms. The fourth-order valence-electron chi connectivity index (χ4n) is 1.01. The van der Waals surface area contributed by atoms with Gasteiger partial charge in [-0.3, -0.25) is 5.32 Å². The topological polar surface area (TPSA) is 21.3 Å². The lowest BCUT2D eigenvalue weighted by molar-refractivity contribution is -0.263. The molecule has 0 aromatic rings. The number of halogens is 3. The molecule has 1 unspecified atom stereocenters. The Hall–Kier alpha value is -0.290. The number of ether oxygens (including phenoxy) is 1. The van der Waals surface area contributed by atoms with Gasteiger partial charge >= 0.3 is 6.18 Å². The lowest BCUT2D eigenvalue weighted by Crippen LogP contribution is -2.52. The van der Waals surface area contributed by atoms with Crippen LogP contribution in [0.2, 0.25) is 0 Å². The van der Waals surface area contributed by atoms with E-state index in [-0.39, 0.29) is 12.6 Å². The van der Waals surface area contributed by atoms with Crippen LogP contribution in [-0.2, 0) is 4.74 Å². The van der Waals surface area contributed by atoms with Crippen LogP contribution in [-0.4, -0.2) is 24.6 Å². The smallest absolute Gasteiger partial charge is 0.350 e. The molecule has 0 amide bonds. The molecule has 1 N–H and O–H groups in total. The van der Waals surface area contributed by atoms with Gasteiger partial charge < -0.3 is 4.74 Å². The van der Waals surface area contributed by atoms with E-state index >= 15 is 0 Å². The normalized spacial score (nSPS) is 39.5. The fourth-order valence-corrected chi connectivity index (χ4v) is 1.01. The Kier molecular flexibility index (Phi) is 1.88. The maximum atomic E-state index is 12.1. The van der Waals surface area contributed by atoms with Crippen LogP contribution in [0.25, 0.3) is 0 Å². The number of alkyl halides is 3. The van der Waals surface area contributed by atoms with Crippen molar-refractivity contribution in [3.05, 3.63) is 0 Å². The highest BCUT2D eigenvalue weighted by Crippen LogP contribution is 2.34. The number of hydrogen-bond acceptors (Lipinski definition) is 2. The van der Waals surface area contributed by atoms with E-state index in [2.05, 4.69) is 10.1 Å². The minimum absolute atomic E-state index is 0.107. The van der Waals surface area contributed by atoms with Gasteiger partial charge in [0.05, 0.1) is 6.61 Å². The first-order valence-corrected chi connectivity index (χ1v) is 3.33. The largest absolute Gasteiger partial charge is 0.430 e. The second-order valence-corrected chi connectivity index (χ2v) is 2.89. The van der Waals surface area contributed by atoms with Crippen molar-refractivity contribution in [1.82, 2.24) is 5.32 Å². The third-order valence-corrected chi connectivity index (χ3v) is 1.68. The van der Waals surface area contributed by atoms with Gasteiger partial charge in [0.2, 0.25) is 5.72 Å². The monoisotopic (exact) mass is 169 g/mol. The van der Waals surface area contributed by atoms with Gasteiger partial charge in [0.1, 0.15) is 0 Å². The maximum Gasteiger partial charge on any atom is 0.430 e. The van der Waals surface area contributed by atoms with Gasteiger partial charge in [0, 0.05) is 6.04 Å². The summed E-state index contributed by atoms with van der Waals surface area (Å²) in [6, 6.07) is -0.235. The Balaban J connectivity index is 2.69. The van der Waals surface area contributed by atoms with Crippen LogP contribution in [0.3, 0.4) is 0 Å². The molecule has 1 heterocycles. The Morgan fingerprint density at radius 1 is 1.55 bits per heavy atom. The molecular weight excluding hydrogens is 159 g/mol. The van der Waals surface area contributed by atoms with Gasteiger partial charge in [-0.15, -0.1) is 0 Å². The van der Waals surface area contributed by atoms with Crippen LogP contribution in [0.4, 0.5) is 13.2 Å². The van der Waals surface area contributed by atoms with Crippen LogP contribution < -0.4 is 5.32 Å². The Morgan fingerprint density at radius 2 is 2.09 bits per heavy atom. The summed E-state index contributed by atoms with van der Waals surface area (Å²) in [5, 5.41) is 2.32. The van der Waals surface area contributed by atoms with Gasteiger partial charge in [-0.25, -0.2) is 0 Å².